The number of ketones is 1. The molecule has 0 spiro atoms. The largest absolute Gasteiger partial charge is 0.294 e. The van der Waals surface area contributed by atoms with Crippen LogP contribution in [0.25, 0.3) is 0 Å². The zero-order chi connectivity index (χ0) is 14.5. The Hall–Kier alpha value is -2.01. The highest BCUT2D eigenvalue weighted by Crippen LogP contribution is 2.09. The molecule has 1 saturated heterocycles. The fourth-order valence-corrected chi connectivity index (χ4v) is 2.25. The van der Waals surface area contributed by atoms with Gasteiger partial charge < -0.3 is 0 Å². The maximum absolute atomic E-state index is 11.9. The van der Waals surface area contributed by atoms with Crippen LogP contribution in [0.5, 0.6) is 0 Å². The molecule has 1 heterocycles. The lowest BCUT2D eigenvalue weighted by atomic mass is 10.1. The summed E-state index contributed by atoms with van der Waals surface area (Å²) in [5.41, 5.74) is 0.702. The second kappa shape index (κ2) is 6.43. The van der Waals surface area contributed by atoms with Crippen molar-refractivity contribution in [3.63, 3.8) is 0 Å². The molecule has 2 amide bonds. The van der Waals surface area contributed by atoms with Gasteiger partial charge in [-0.25, -0.2) is 0 Å². The zero-order valence-electron chi connectivity index (χ0n) is 11.5. The van der Waals surface area contributed by atoms with Crippen molar-refractivity contribution >= 4 is 17.6 Å². The Morgan fingerprint density at radius 3 is 2.70 bits per heavy atom. The van der Waals surface area contributed by atoms with E-state index < -0.39 is 0 Å². The monoisotopic (exact) mass is 274 g/mol. The Morgan fingerprint density at radius 1 is 1.30 bits per heavy atom. The number of hydrogen-bond donors (Lipinski definition) is 1. The molecule has 1 aliphatic heterocycles. The van der Waals surface area contributed by atoms with Crippen LogP contribution in [0.3, 0.4) is 0 Å². The van der Waals surface area contributed by atoms with Gasteiger partial charge in [0.05, 0.1) is 12.6 Å². The molecule has 0 bridgehead atoms. The topological polar surface area (TPSA) is 66.5 Å². The predicted octanol–water partition coefficient (Wildman–Crippen LogP) is 0.996. The van der Waals surface area contributed by atoms with Gasteiger partial charge in [0.1, 0.15) is 0 Å². The van der Waals surface area contributed by atoms with E-state index in [1.807, 2.05) is 18.2 Å². The number of amides is 2. The lowest BCUT2D eigenvalue weighted by Gasteiger charge is -2.31. The second-order valence-electron chi connectivity index (χ2n) is 4.95. The summed E-state index contributed by atoms with van der Waals surface area (Å²) >= 11 is 0. The third kappa shape index (κ3) is 3.51. The lowest BCUT2D eigenvalue weighted by Crippen LogP contribution is -2.56. The summed E-state index contributed by atoms with van der Waals surface area (Å²) in [4.78, 5) is 36.5. The van der Waals surface area contributed by atoms with Crippen molar-refractivity contribution in [2.45, 2.75) is 25.8 Å². The van der Waals surface area contributed by atoms with Crippen molar-refractivity contribution in [2.75, 3.05) is 13.1 Å². The lowest BCUT2D eigenvalue weighted by molar-refractivity contribution is -0.139. The maximum atomic E-state index is 11.9. The number of piperazine rings is 1. The number of hydrogen-bond acceptors (Lipinski definition) is 4. The molecule has 20 heavy (non-hydrogen) atoms. The average molecular weight is 274 g/mol. The summed E-state index contributed by atoms with van der Waals surface area (Å²) in [6, 6.07) is 8.81. The molecule has 1 aromatic rings. The quantitative estimate of drug-likeness (QED) is 0.642. The number of imide groups is 1. The third-order valence-corrected chi connectivity index (χ3v) is 3.48. The average Bonchev–Trinajstić information content (AvgIpc) is 2.44. The van der Waals surface area contributed by atoms with Crippen molar-refractivity contribution in [3.8, 4) is 0 Å². The van der Waals surface area contributed by atoms with Crippen molar-refractivity contribution in [1.29, 1.82) is 0 Å². The molecule has 106 valence electrons. The van der Waals surface area contributed by atoms with Crippen LogP contribution in [-0.4, -0.2) is 41.6 Å². The van der Waals surface area contributed by atoms with E-state index in [1.54, 1.807) is 24.0 Å². The first-order valence-corrected chi connectivity index (χ1v) is 6.74. The molecule has 1 aliphatic rings. The molecule has 1 unspecified atom stereocenters. The van der Waals surface area contributed by atoms with Gasteiger partial charge >= 0.3 is 0 Å². The van der Waals surface area contributed by atoms with Gasteiger partial charge in [-0.2, -0.15) is 0 Å². The van der Waals surface area contributed by atoms with Gasteiger partial charge in [0.15, 0.2) is 5.78 Å². The van der Waals surface area contributed by atoms with Crippen LogP contribution in [0, 0.1) is 0 Å². The third-order valence-electron chi connectivity index (χ3n) is 3.48. The number of rotatable bonds is 5. The summed E-state index contributed by atoms with van der Waals surface area (Å²) in [6.07, 6.45) is 1.06. The minimum atomic E-state index is -0.320. The first kappa shape index (κ1) is 14.4. The highest BCUT2D eigenvalue weighted by Gasteiger charge is 2.29. The summed E-state index contributed by atoms with van der Waals surface area (Å²) < 4.78 is 0. The number of Topliss-reactive ketones (excluding diaryl/α,β-unsaturated/α-hetero) is 1. The smallest absolute Gasteiger partial charge is 0.243 e. The van der Waals surface area contributed by atoms with Crippen LogP contribution in [0.2, 0.25) is 0 Å². The Kier molecular flexibility index (Phi) is 4.63. The molecular formula is C15H18N2O3. The standard InChI is InChI=1S/C15H18N2O3/c1-11-15(20)16-14(19)10-17(11)9-5-8-13(18)12-6-3-2-4-7-12/h2-4,6-7,11H,5,8-10H2,1H3,(H,16,19,20). The second-order valence-corrected chi connectivity index (χ2v) is 4.95. The summed E-state index contributed by atoms with van der Waals surface area (Å²) in [5, 5.41) is 2.30. The molecule has 1 fully saturated rings. The molecule has 0 aromatic heterocycles. The van der Waals surface area contributed by atoms with E-state index in [9.17, 15) is 14.4 Å². The molecular weight excluding hydrogens is 256 g/mol. The van der Waals surface area contributed by atoms with Gasteiger partial charge in [-0.05, 0) is 19.9 Å². The van der Waals surface area contributed by atoms with Crippen LogP contribution >= 0.6 is 0 Å². The minimum Gasteiger partial charge on any atom is -0.294 e. The first-order chi connectivity index (χ1) is 9.58. The number of nitrogens with zero attached hydrogens (tertiary/aromatic N) is 1. The first-order valence-electron chi connectivity index (χ1n) is 6.74. The van der Waals surface area contributed by atoms with E-state index in [0.717, 1.165) is 0 Å². The Labute approximate surface area is 118 Å². The zero-order valence-corrected chi connectivity index (χ0v) is 11.5. The van der Waals surface area contributed by atoms with Crippen LogP contribution in [-0.2, 0) is 9.59 Å². The molecule has 0 saturated carbocycles. The highest BCUT2D eigenvalue weighted by molar-refractivity contribution is 6.00. The van der Waals surface area contributed by atoms with Crippen LogP contribution in [0.15, 0.2) is 30.3 Å². The fourth-order valence-electron chi connectivity index (χ4n) is 2.25. The SMILES string of the molecule is CC1C(=O)NC(=O)CN1CCCC(=O)c1ccccc1. The van der Waals surface area contributed by atoms with Crippen molar-refractivity contribution < 1.29 is 14.4 Å². The van der Waals surface area contributed by atoms with Crippen LogP contribution < -0.4 is 5.32 Å². The minimum absolute atomic E-state index is 0.0889. The Bertz CT molecular complexity index is 513. The van der Waals surface area contributed by atoms with Gasteiger partial charge in [0.2, 0.25) is 11.8 Å². The van der Waals surface area contributed by atoms with Crippen molar-refractivity contribution in [3.05, 3.63) is 35.9 Å². The van der Waals surface area contributed by atoms with Crippen molar-refractivity contribution in [1.82, 2.24) is 10.2 Å². The molecule has 1 N–H and O–H groups in total. The summed E-state index contributed by atoms with van der Waals surface area (Å²) in [7, 11) is 0. The molecule has 1 atom stereocenters. The Morgan fingerprint density at radius 2 is 2.00 bits per heavy atom. The summed E-state index contributed by atoms with van der Waals surface area (Å²) in [6.45, 7) is 2.55. The fraction of sp³-hybridized carbons (Fsp3) is 0.400. The number of benzene rings is 1. The van der Waals surface area contributed by atoms with E-state index in [0.29, 0.717) is 24.9 Å². The number of carbonyl (C=O) groups excluding carboxylic acids is 3. The van der Waals surface area contributed by atoms with Gasteiger partial charge in [-0.15, -0.1) is 0 Å². The summed E-state index contributed by atoms with van der Waals surface area (Å²) in [5.74, 6) is -0.454. The van der Waals surface area contributed by atoms with Gasteiger partial charge in [0.25, 0.3) is 0 Å². The molecule has 0 aliphatic carbocycles. The molecule has 1 aromatic carbocycles. The van der Waals surface area contributed by atoms with Crippen molar-refractivity contribution in [2.24, 2.45) is 0 Å². The van der Waals surface area contributed by atoms with E-state index in [2.05, 4.69) is 5.32 Å². The normalized spacial score (nSPS) is 19.8. The van der Waals surface area contributed by atoms with E-state index in [-0.39, 0.29) is 30.2 Å². The van der Waals surface area contributed by atoms with Crippen LogP contribution in [0.1, 0.15) is 30.1 Å². The van der Waals surface area contributed by atoms with Crippen LogP contribution in [0.4, 0.5) is 0 Å². The number of nitrogens with one attached hydrogen (secondary N) is 1. The molecule has 5 nitrogen and oxygen atoms in total. The predicted molar refractivity (Wildman–Crippen MR) is 74.2 cm³/mol. The maximum Gasteiger partial charge on any atom is 0.243 e. The van der Waals surface area contributed by atoms with E-state index in [4.69, 9.17) is 0 Å². The number of carbonyl (C=O) groups is 3. The van der Waals surface area contributed by atoms with Gasteiger partial charge in [-0.1, -0.05) is 30.3 Å². The van der Waals surface area contributed by atoms with Gasteiger partial charge in [0, 0.05) is 12.0 Å². The highest BCUT2D eigenvalue weighted by atomic mass is 16.2. The van der Waals surface area contributed by atoms with E-state index >= 15 is 0 Å². The molecule has 5 heteroatoms. The molecule has 0 radical (unpaired) electrons. The van der Waals surface area contributed by atoms with Gasteiger partial charge in [-0.3, -0.25) is 24.6 Å². The van der Waals surface area contributed by atoms with E-state index in [1.165, 1.54) is 0 Å². The molecule has 2 rings (SSSR count). The Balaban J connectivity index is 1.82.